The first-order valence-electron chi connectivity index (χ1n) is 6.61. The molecule has 1 aliphatic carbocycles. The molecule has 0 aromatic carbocycles. The van der Waals surface area contributed by atoms with Crippen LogP contribution in [0.15, 0.2) is 0 Å². The predicted molar refractivity (Wildman–Crippen MR) is 65.4 cm³/mol. The Labute approximate surface area is 103 Å². The SMILES string of the molecule is CCC1(C)NC(=O)C(C)N(CC2CCC2)C1=O. The predicted octanol–water partition coefficient (Wildman–Crippen LogP) is 1.30. The third-order valence-electron chi connectivity index (χ3n) is 4.37. The average molecular weight is 238 g/mol. The van der Waals surface area contributed by atoms with E-state index in [4.69, 9.17) is 0 Å². The second-order valence-corrected chi connectivity index (χ2v) is 5.61. The van der Waals surface area contributed by atoms with Crippen molar-refractivity contribution in [3.8, 4) is 0 Å². The van der Waals surface area contributed by atoms with Gasteiger partial charge in [0, 0.05) is 6.54 Å². The van der Waals surface area contributed by atoms with E-state index in [2.05, 4.69) is 5.32 Å². The smallest absolute Gasteiger partial charge is 0.248 e. The van der Waals surface area contributed by atoms with Gasteiger partial charge in [-0.05, 0) is 39.0 Å². The van der Waals surface area contributed by atoms with Gasteiger partial charge in [0.25, 0.3) is 0 Å². The second kappa shape index (κ2) is 4.31. The number of hydrogen-bond acceptors (Lipinski definition) is 2. The molecule has 2 rings (SSSR count). The molecule has 2 atom stereocenters. The van der Waals surface area contributed by atoms with Gasteiger partial charge in [0.1, 0.15) is 11.6 Å². The maximum atomic E-state index is 12.4. The lowest BCUT2D eigenvalue weighted by Gasteiger charge is -2.45. The van der Waals surface area contributed by atoms with Gasteiger partial charge in [-0.15, -0.1) is 0 Å². The highest BCUT2D eigenvalue weighted by atomic mass is 16.2. The Morgan fingerprint density at radius 2 is 2.06 bits per heavy atom. The molecule has 0 bridgehead atoms. The van der Waals surface area contributed by atoms with Crippen molar-refractivity contribution in [2.24, 2.45) is 5.92 Å². The summed E-state index contributed by atoms with van der Waals surface area (Å²) in [6.45, 7) is 6.34. The Morgan fingerprint density at radius 3 is 2.53 bits per heavy atom. The summed E-state index contributed by atoms with van der Waals surface area (Å²) in [5.74, 6) is 0.667. The monoisotopic (exact) mass is 238 g/mol. The van der Waals surface area contributed by atoms with Crippen LogP contribution in [0, 0.1) is 5.92 Å². The van der Waals surface area contributed by atoms with Gasteiger partial charge >= 0.3 is 0 Å². The first-order valence-corrected chi connectivity index (χ1v) is 6.61. The van der Waals surface area contributed by atoms with E-state index in [1.807, 2.05) is 20.8 Å². The molecule has 1 aliphatic heterocycles. The molecule has 1 saturated heterocycles. The lowest BCUT2D eigenvalue weighted by Crippen LogP contribution is -2.69. The highest BCUT2D eigenvalue weighted by Crippen LogP contribution is 2.30. The summed E-state index contributed by atoms with van der Waals surface area (Å²) in [6.07, 6.45) is 4.30. The van der Waals surface area contributed by atoms with Gasteiger partial charge in [-0.3, -0.25) is 9.59 Å². The van der Waals surface area contributed by atoms with Gasteiger partial charge in [0.05, 0.1) is 0 Å². The molecule has 0 aromatic rings. The number of piperazine rings is 1. The van der Waals surface area contributed by atoms with Crippen molar-refractivity contribution in [1.82, 2.24) is 10.2 Å². The van der Waals surface area contributed by atoms with Crippen LogP contribution in [0.2, 0.25) is 0 Å². The minimum Gasteiger partial charge on any atom is -0.340 e. The van der Waals surface area contributed by atoms with Crippen LogP contribution in [-0.2, 0) is 9.59 Å². The van der Waals surface area contributed by atoms with E-state index in [1.54, 1.807) is 4.90 Å². The number of hydrogen-bond donors (Lipinski definition) is 1. The molecule has 2 fully saturated rings. The van der Waals surface area contributed by atoms with Crippen molar-refractivity contribution >= 4 is 11.8 Å². The van der Waals surface area contributed by atoms with Crippen molar-refractivity contribution in [2.45, 2.75) is 58.0 Å². The van der Waals surface area contributed by atoms with Crippen molar-refractivity contribution in [3.63, 3.8) is 0 Å². The third-order valence-corrected chi connectivity index (χ3v) is 4.37. The third kappa shape index (κ3) is 2.05. The number of nitrogens with zero attached hydrogens (tertiary/aromatic N) is 1. The van der Waals surface area contributed by atoms with Crippen LogP contribution in [-0.4, -0.2) is 34.8 Å². The number of rotatable bonds is 3. The number of amides is 2. The fraction of sp³-hybridized carbons (Fsp3) is 0.846. The molecular weight excluding hydrogens is 216 g/mol. The molecule has 4 nitrogen and oxygen atoms in total. The molecule has 1 heterocycles. The van der Waals surface area contributed by atoms with Crippen LogP contribution >= 0.6 is 0 Å². The van der Waals surface area contributed by atoms with Gasteiger partial charge in [0.2, 0.25) is 11.8 Å². The first kappa shape index (κ1) is 12.4. The summed E-state index contributed by atoms with van der Waals surface area (Å²) in [5.41, 5.74) is -0.701. The lowest BCUT2D eigenvalue weighted by molar-refractivity contribution is -0.154. The van der Waals surface area contributed by atoms with E-state index < -0.39 is 5.54 Å². The van der Waals surface area contributed by atoms with Crippen LogP contribution in [0.1, 0.15) is 46.5 Å². The normalized spacial score (nSPS) is 34.5. The van der Waals surface area contributed by atoms with Crippen LogP contribution in [0.3, 0.4) is 0 Å². The number of nitrogens with one attached hydrogen (secondary N) is 1. The molecule has 0 spiro atoms. The molecule has 0 radical (unpaired) electrons. The van der Waals surface area contributed by atoms with E-state index >= 15 is 0 Å². The summed E-state index contributed by atoms with van der Waals surface area (Å²) in [7, 11) is 0. The highest BCUT2D eigenvalue weighted by molar-refractivity contribution is 5.99. The fourth-order valence-corrected chi connectivity index (χ4v) is 2.50. The van der Waals surface area contributed by atoms with Crippen LogP contribution in [0.25, 0.3) is 0 Å². The van der Waals surface area contributed by atoms with E-state index in [0.29, 0.717) is 12.3 Å². The Balaban J connectivity index is 2.14. The van der Waals surface area contributed by atoms with Gasteiger partial charge in [0.15, 0.2) is 0 Å². The number of carbonyl (C=O) groups excluding carboxylic acids is 2. The fourth-order valence-electron chi connectivity index (χ4n) is 2.50. The summed E-state index contributed by atoms with van der Waals surface area (Å²) in [5, 5.41) is 2.85. The minimum atomic E-state index is -0.701. The van der Waals surface area contributed by atoms with Gasteiger partial charge in [-0.1, -0.05) is 13.3 Å². The maximum Gasteiger partial charge on any atom is 0.248 e. The Bertz CT molecular complexity index is 338. The van der Waals surface area contributed by atoms with Gasteiger partial charge < -0.3 is 10.2 Å². The summed E-state index contributed by atoms with van der Waals surface area (Å²) < 4.78 is 0. The zero-order valence-corrected chi connectivity index (χ0v) is 11.0. The van der Waals surface area contributed by atoms with Crippen molar-refractivity contribution < 1.29 is 9.59 Å². The molecule has 2 aliphatic rings. The first-order chi connectivity index (χ1) is 7.98. The van der Waals surface area contributed by atoms with Crippen molar-refractivity contribution in [3.05, 3.63) is 0 Å². The van der Waals surface area contributed by atoms with E-state index in [9.17, 15) is 9.59 Å². The molecule has 96 valence electrons. The molecule has 17 heavy (non-hydrogen) atoms. The second-order valence-electron chi connectivity index (χ2n) is 5.61. The van der Waals surface area contributed by atoms with Crippen molar-refractivity contribution in [1.29, 1.82) is 0 Å². The molecule has 1 saturated carbocycles. The van der Waals surface area contributed by atoms with E-state index in [0.717, 1.165) is 6.54 Å². The molecule has 4 heteroatoms. The van der Waals surface area contributed by atoms with Crippen LogP contribution < -0.4 is 5.32 Å². The average Bonchev–Trinajstić information content (AvgIpc) is 2.24. The Hall–Kier alpha value is -1.06. The minimum absolute atomic E-state index is 0.0201. The standard InChI is InChI=1S/C13H22N2O2/c1-4-13(3)12(17)15(8-10-6-5-7-10)9(2)11(16)14-13/h9-10H,4-8H2,1-3H3,(H,14,16). The zero-order valence-electron chi connectivity index (χ0n) is 11.0. The summed E-state index contributed by atoms with van der Waals surface area (Å²) in [6, 6.07) is -0.317. The summed E-state index contributed by atoms with van der Waals surface area (Å²) in [4.78, 5) is 26.1. The van der Waals surface area contributed by atoms with Gasteiger partial charge in [-0.2, -0.15) is 0 Å². The zero-order chi connectivity index (χ0) is 12.6. The summed E-state index contributed by atoms with van der Waals surface area (Å²) >= 11 is 0. The Morgan fingerprint density at radius 1 is 1.41 bits per heavy atom. The van der Waals surface area contributed by atoms with Crippen LogP contribution in [0.5, 0.6) is 0 Å². The molecule has 0 aromatic heterocycles. The van der Waals surface area contributed by atoms with Gasteiger partial charge in [-0.25, -0.2) is 0 Å². The highest BCUT2D eigenvalue weighted by Gasteiger charge is 2.45. The molecule has 2 amide bonds. The molecular formula is C13H22N2O2. The van der Waals surface area contributed by atoms with E-state index in [-0.39, 0.29) is 17.9 Å². The van der Waals surface area contributed by atoms with Crippen LogP contribution in [0.4, 0.5) is 0 Å². The Kier molecular flexibility index (Phi) is 3.15. The van der Waals surface area contributed by atoms with Crippen molar-refractivity contribution in [2.75, 3.05) is 6.54 Å². The van der Waals surface area contributed by atoms with E-state index in [1.165, 1.54) is 19.3 Å². The molecule has 2 unspecified atom stereocenters. The quantitative estimate of drug-likeness (QED) is 0.805. The lowest BCUT2D eigenvalue weighted by atomic mass is 9.83. The topological polar surface area (TPSA) is 49.4 Å². The number of carbonyl (C=O) groups is 2. The largest absolute Gasteiger partial charge is 0.340 e. The molecule has 1 N–H and O–H groups in total. The maximum absolute atomic E-state index is 12.4.